The summed E-state index contributed by atoms with van der Waals surface area (Å²) >= 11 is 0. The van der Waals surface area contributed by atoms with E-state index in [4.69, 9.17) is 4.74 Å². The number of hydrogen-bond acceptors (Lipinski definition) is 4. The molecule has 0 bridgehead atoms. The Kier molecular flexibility index (Phi) is 8.42. The molecule has 148 valence electrons. The van der Waals surface area contributed by atoms with Crippen molar-refractivity contribution < 1.29 is 9.53 Å². The monoisotopic (exact) mass is 393 g/mol. The highest BCUT2D eigenvalue weighted by molar-refractivity contribution is 5.85. The lowest BCUT2D eigenvalue weighted by atomic mass is 10.2. The highest BCUT2D eigenvalue weighted by atomic mass is 35.5. The normalized spacial score (nSPS) is 14.9. The molecule has 1 aliphatic rings. The first kappa shape index (κ1) is 21.1. The highest BCUT2D eigenvalue weighted by Gasteiger charge is 2.18. The number of urea groups is 1. The number of halogens is 1. The van der Waals surface area contributed by atoms with E-state index >= 15 is 0 Å². The van der Waals surface area contributed by atoms with Crippen molar-refractivity contribution in [3.05, 3.63) is 48.3 Å². The summed E-state index contributed by atoms with van der Waals surface area (Å²) < 4.78 is 7.10. The van der Waals surface area contributed by atoms with Crippen LogP contribution in [-0.4, -0.2) is 65.4 Å². The van der Waals surface area contributed by atoms with Crippen LogP contribution < -0.4 is 10.1 Å². The zero-order valence-electron chi connectivity index (χ0n) is 15.7. The molecule has 2 amide bonds. The van der Waals surface area contributed by atoms with E-state index in [2.05, 4.69) is 15.3 Å². The van der Waals surface area contributed by atoms with E-state index in [9.17, 15) is 4.79 Å². The number of hydrogen-bond donors (Lipinski definition) is 1. The number of carbonyl (C=O) groups is 1. The Balaban J connectivity index is 0.00000261. The average Bonchev–Trinajstić information content (AvgIpc) is 3.09. The van der Waals surface area contributed by atoms with Crippen molar-refractivity contribution in [2.24, 2.45) is 0 Å². The van der Waals surface area contributed by atoms with Gasteiger partial charge in [0.1, 0.15) is 5.75 Å². The van der Waals surface area contributed by atoms with Gasteiger partial charge in [0.15, 0.2) is 0 Å². The SMILES string of the molecule is COc1ccc(CNC(=O)N2CCCN(CCn3cccn3)CC2)cc1.Cl. The van der Waals surface area contributed by atoms with Gasteiger partial charge in [-0.2, -0.15) is 5.10 Å². The van der Waals surface area contributed by atoms with Gasteiger partial charge in [-0.05, 0) is 36.7 Å². The summed E-state index contributed by atoms with van der Waals surface area (Å²) in [6.07, 6.45) is 4.78. The maximum atomic E-state index is 12.5. The first-order chi connectivity index (χ1) is 12.7. The van der Waals surface area contributed by atoms with E-state index in [1.165, 1.54) is 0 Å². The second-order valence-corrected chi connectivity index (χ2v) is 6.46. The molecule has 2 heterocycles. The van der Waals surface area contributed by atoms with Crippen LogP contribution in [0.4, 0.5) is 4.79 Å². The number of nitrogens with one attached hydrogen (secondary N) is 1. The number of carbonyl (C=O) groups excluding carboxylic acids is 1. The molecule has 1 saturated heterocycles. The van der Waals surface area contributed by atoms with E-state index in [-0.39, 0.29) is 18.4 Å². The minimum Gasteiger partial charge on any atom is -0.497 e. The van der Waals surface area contributed by atoms with Crippen molar-refractivity contribution in [1.29, 1.82) is 0 Å². The van der Waals surface area contributed by atoms with Gasteiger partial charge in [-0.3, -0.25) is 9.58 Å². The molecule has 0 radical (unpaired) electrons. The van der Waals surface area contributed by atoms with Crippen LogP contribution in [0.3, 0.4) is 0 Å². The third-order valence-electron chi connectivity index (χ3n) is 4.68. The summed E-state index contributed by atoms with van der Waals surface area (Å²) in [4.78, 5) is 16.8. The standard InChI is InChI=1S/C19H27N5O2.ClH/c1-26-18-6-4-17(5-7-18)16-20-19(25)23-10-3-9-22(12-14-23)13-15-24-11-2-8-21-24;/h2,4-8,11H,3,9-10,12-16H2,1H3,(H,20,25);1H. The van der Waals surface area contributed by atoms with Crippen LogP contribution in [-0.2, 0) is 13.1 Å². The molecule has 1 N–H and O–H groups in total. The van der Waals surface area contributed by atoms with Crippen molar-refractivity contribution in [2.45, 2.75) is 19.5 Å². The third kappa shape index (κ3) is 6.45. The minimum atomic E-state index is 0. The van der Waals surface area contributed by atoms with Crippen LogP contribution in [0, 0.1) is 0 Å². The fraction of sp³-hybridized carbons (Fsp3) is 0.474. The van der Waals surface area contributed by atoms with Crippen molar-refractivity contribution >= 4 is 18.4 Å². The molecular weight excluding hydrogens is 366 g/mol. The second-order valence-electron chi connectivity index (χ2n) is 6.46. The van der Waals surface area contributed by atoms with Gasteiger partial charge in [0, 0.05) is 45.1 Å². The number of ether oxygens (including phenoxy) is 1. The molecule has 0 saturated carbocycles. The predicted octanol–water partition coefficient (Wildman–Crippen LogP) is 2.23. The molecule has 1 aliphatic heterocycles. The number of methoxy groups -OCH3 is 1. The smallest absolute Gasteiger partial charge is 0.317 e. The van der Waals surface area contributed by atoms with Crippen LogP contribution in [0.15, 0.2) is 42.7 Å². The zero-order chi connectivity index (χ0) is 18.2. The Morgan fingerprint density at radius 2 is 1.96 bits per heavy atom. The fourth-order valence-corrected chi connectivity index (χ4v) is 3.11. The third-order valence-corrected chi connectivity index (χ3v) is 4.68. The molecule has 0 aliphatic carbocycles. The Bertz CT molecular complexity index is 678. The molecule has 0 spiro atoms. The summed E-state index contributed by atoms with van der Waals surface area (Å²) in [5.41, 5.74) is 1.06. The average molecular weight is 394 g/mol. The van der Waals surface area contributed by atoms with Crippen LogP contribution in [0.1, 0.15) is 12.0 Å². The molecular formula is C19H28ClN5O2. The zero-order valence-corrected chi connectivity index (χ0v) is 16.5. The fourth-order valence-electron chi connectivity index (χ4n) is 3.11. The van der Waals surface area contributed by atoms with Gasteiger partial charge in [-0.1, -0.05) is 12.1 Å². The van der Waals surface area contributed by atoms with Gasteiger partial charge in [0.25, 0.3) is 0 Å². The first-order valence-corrected chi connectivity index (χ1v) is 9.10. The lowest BCUT2D eigenvalue weighted by Gasteiger charge is -2.22. The number of nitrogens with zero attached hydrogens (tertiary/aromatic N) is 4. The maximum absolute atomic E-state index is 12.5. The lowest BCUT2D eigenvalue weighted by molar-refractivity contribution is 0.197. The number of rotatable bonds is 6. The van der Waals surface area contributed by atoms with Gasteiger partial charge in [-0.25, -0.2) is 4.79 Å². The molecule has 3 rings (SSSR count). The van der Waals surface area contributed by atoms with E-state index in [1.807, 2.05) is 46.1 Å². The van der Waals surface area contributed by atoms with Gasteiger partial charge in [-0.15, -0.1) is 12.4 Å². The largest absolute Gasteiger partial charge is 0.497 e. The summed E-state index contributed by atoms with van der Waals surface area (Å²) in [5, 5.41) is 7.26. The van der Waals surface area contributed by atoms with Crippen molar-refractivity contribution in [1.82, 2.24) is 24.9 Å². The minimum absolute atomic E-state index is 0. The molecule has 1 aromatic heterocycles. The van der Waals surface area contributed by atoms with Crippen LogP contribution >= 0.6 is 12.4 Å². The van der Waals surface area contributed by atoms with Crippen LogP contribution in [0.5, 0.6) is 5.75 Å². The first-order valence-electron chi connectivity index (χ1n) is 9.10. The van der Waals surface area contributed by atoms with E-state index < -0.39 is 0 Å². The van der Waals surface area contributed by atoms with Crippen molar-refractivity contribution in [2.75, 3.05) is 39.8 Å². The molecule has 8 heteroatoms. The second kappa shape index (κ2) is 10.8. The van der Waals surface area contributed by atoms with Gasteiger partial charge in [0.2, 0.25) is 0 Å². The molecule has 7 nitrogen and oxygen atoms in total. The topological polar surface area (TPSA) is 62.6 Å². The molecule has 0 atom stereocenters. The summed E-state index contributed by atoms with van der Waals surface area (Å²) in [5.74, 6) is 0.822. The molecule has 0 unspecified atom stereocenters. The molecule has 1 fully saturated rings. The quantitative estimate of drug-likeness (QED) is 0.817. The lowest BCUT2D eigenvalue weighted by Crippen LogP contribution is -2.42. The van der Waals surface area contributed by atoms with E-state index in [1.54, 1.807) is 13.3 Å². The molecule has 2 aromatic rings. The van der Waals surface area contributed by atoms with Crippen LogP contribution in [0.25, 0.3) is 0 Å². The number of benzene rings is 1. The summed E-state index contributed by atoms with van der Waals surface area (Å²) in [6, 6.07) is 9.71. The van der Waals surface area contributed by atoms with Crippen LogP contribution in [0.2, 0.25) is 0 Å². The maximum Gasteiger partial charge on any atom is 0.317 e. The molecule has 27 heavy (non-hydrogen) atoms. The highest BCUT2D eigenvalue weighted by Crippen LogP contribution is 2.11. The number of aromatic nitrogens is 2. The van der Waals surface area contributed by atoms with Crippen molar-refractivity contribution in [3.8, 4) is 5.75 Å². The Hall–Kier alpha value is -2.25. The summed E-state index contributed by atoms with van der Waals surface area (Å²) in [6.45, 7) is 5.85. The Morgan fingerprint density at radius 3 is 2.67 bits per heavy atom. The van der Waals surface area contributed by atoms with Gasteiger partial charge in [0.05, 0.1) is 13.7 Å². The Labute approximate surface area is 166 Å². The molecule has 1 aromatic carbocycles. The van der Waals surface area contributed by atoms with Gasteiger partial charge < -0.3 is 15.0 Å². The summed E-state index contributed by atoms with van der Waals surface area (Å²) in [7, 11) is 1.65. The Morgan fingerprint density at radius 1 is 1.15 bits per heavy atom. The van der Waals surface area contributed by atoms with Crippen molar-refractivity contribution in [3.63, 3.8) is 0 Å². The van der Waals surface area contributed by atoms with E-state index in [0.29, 0.717) is 6.54 Å². The number of amides is 2. The van der Waals surface area contributed by atoms with Gasteiger partial charge >= 0.3 is 6.03 Å². The predicted molar refractivity (Wildman–Crippen MR) is 107 cm³/mol. The van der Waals surface area contributed by atoms with E-state index in [0.717, 1.165) is 57.0 Å².